The molecule has 74 heavy (non-hydrogen) atoms. The molecule has 0 bridgehead atoms. The molecule has 1 amide bonds. The fourth-order valence-corrected chi connectivity index (χ4v) is 10.3. The second-order valence-electron chi connectivity index (χ2n) is 21.5. The molecule has 17 unspecified atom stereocenters. The van der Waals surface area contributed by atoms with E-state index in [-0.39, 0.29) is 18.9 Å². The Hall–Kier alpha value is -1.21. The predicted octanol–water partition coefficient (Wildman–Crippen LogP) is 4.43. The smallest absolute Gasteiger partial charge is 0.220 e. The number of amides is 1. The van der Waals surface area contributed by atoms with Crippen LogP contribution in [0.4, 0.5) is 0 Å². The normalized spacial score (nSPS) is 31.4. The fourth-order valence-electron chi connectivity index (χ4n) is 10.3. The lowest BCUT2D eigenvalue weighted by Gasteiger charge is -2.48. The van der Waals surface area contributed by atoms with Crippen molar-refractivity contribution < 1.29 is 89.4 Å². The summed E-state index contributed by atoms with van der Waals surface area (Å²) in [6, 6.07) is -0.879. The molecule has 3 heterocycles. The van der Waals surface area contributed by atoms with Crippen molar-refractivity contribution in [2.45, 2.75) is 317 Å². The third kappa shape index (κ3) is 24.4. The highest BCUT2D eigenvalue weighted by molar-refractivity contribution is 5.76. The summed E-state index contributed by atoms with van der Waals surface area (Å²) in [6.07, 6.45) is 9.01. The number of ether oxygens (including phenoxy) is 6. The van der Waals surface area contributed by atoms with E-state index in [4.69, 9.17) is 28.4 Å². The Morgan fingerprint density at radius 3 is 1.18 bits per heavy atom. The van der Waals surface area contributed by atoms with Gasteiger partial charge in [0.15, 0.2) is 18.9 Å². The number of nitrogens with one attached hydrogen (secondary N) is 1. The van der Waals surface area contributed by atoms with E-state index in [0.29, 0.717) is 12.8 Å². The molecule has 0 aromatic rings. The summed E-state index contributed by atoms with van der Waals surface area (Å²) in [4.78, 5) is 13.3. The second kappa shape index (κ2) is 40.0. The minimum absolute atomic E-state index is 0.241. The number of aliphatic hydroxyl groups is 11. The van der Waals surface area contributed by atoms with Gasteiger partial charge in [-0.15, -0.1) is 0 Å². The molecule has 0 aliphatic carbocycles. The summed E-state index contributed by atoms with van der Waals surface area (Å²) < 4.78 is 34.3. The molecule has 0 radical (unpaired) electrons. The summed E-state index contributed by atoms with van der Waals surface area (Å²) in [5, 5.41) is 120. The quantitative estimate of drug-likeness (QED) is 0.0376. The molecule has 19 nitrogen and oxygen atoms in total. The Kier molecular flexibility index (Phi) is 36.3. The van der Waals surface area contributed by atoms with Crippen LogP contribution in [0.5, 0.6) is 0 Å². The van der Waals surface area contributed by atoms with Crippen LogP contribution >= 0.6 is 0 Å². The summed E-state index contributed by atoms with van der Waals surface area (Å²) >= 11 is 0. The van der Waals surface area contributed by atoms with Gasteiger partial charge >= 0.3 is 0 Å². The van der Waals surface area contributed by atoms with Crippen LogP contribution in [0.15, 0.2) is 0 Å². The Morgan fingerprint density at radius 2 is 0.770 bits per heavy atom. The zero-order valence-corrected chi connectivity index (χ0v) is 45.3. The van der Waals surface area contributed by atoms with Crippen molar-refractivity contribution in [1.82, 2.24) is 5.32 Å². The highest BCUT2D eigenvalue weighted by atomic mass is 16.8. The summed E-state index contributed by atoms with van der Waals surface area (Å²) in [6.45, 7) is 1.79. The van der Waals surface area contributed by atoms with Crippen LogP contribution in [-0.2, 0) is 33.2 Å². The van der Waals surface area contributed by atoms with Gasteiger partial charge in [0, 0.05) is 6.42 Å². The van der Waals surface area contributed by atoms with E-state index in [0.717, 1.165) is 44.9 Å². The van der Waals surface area contributed by atoms with Gasteiger partial charge in [0.25, 0.3) is 0 Å². The minimum Gasteiger partial charge on any atom is -0.394 e. The van der Waals surface area contributed by atoms with Crippen molar-refractivity contribution in [3.63, 3.8) is 0 Å². The monoisotopic (exact) mass is 1070 g/mol. The first kappa shape index (κ1) is 67.1. The van der Waals surface area contributed by atoms with Crippen molar-refractivity contribution in [2.24, 2.45) is 0 Å². The van der Waals surface area contributed by atoms with Gasteiger partial charge in [-0.2, -0.15) is 0 Å². The number of rotatable bonds is 43. The predicted molar refractivity (Wildman–Crippen MR) is 277 cm³/mol. The topological polar surface area (TPSA) is 307 Å². The average molecular weight is 1070 g/mol. The number of aliphatic hydroxyl groups excluding tert-OH is 11. The standard InChI is InChI=1S/C55H105NO18/c1-3-5-7-9-11-13-15-17-19-20-22-24-26-28-30-32-39(60)38(56-43(61)33-31-29-27-25-23-21-18-16-14-12-10-8-6-4-2)37-69-53-49(67)46(64)51(41(35-58)71-53)74-55-50(68)47(65)52(42(36-59)72-55)73-54-48(66)45(63)44(62)40(34-57)70-54/h38-42,44-55,57-60,62-68H,3-37H2,1-2H3,(H,56,61). The number of carbonyl (C=O) groups is 1. The van der Waals surface area contributed by atoms with E-state index in [1.807, 2.05) is 0 Å². The van der Waals surface area contributed by atoms with Crippen LogP contribution in [0.1, 0.15) is 213 Å². The lowest BCUT2D eigenvalue weighted by atomic mass is 9.96. The molecular weight excluding hydrogens is 963 g/mol. The molecule has 17 atom stereocenters. The van der Waals surface area contributed by atoms with Crippen molar-refractivity contribution in [3.8, 4) is 0 Å². The molecule has 0 aromatic heterocycles. The lowest BCUT2D eigenvalue weighted by molar-refractivity contribution is -0.379. The molecule has 3 fully saturated rings. The van der Waals surface area contributed by atoms with Gasteiger partial charge in [-0.25, -0.2) is 0 Å². The van der Waals surface area contributed by atoms with Gasteiger partial charge in [0.2, 0.25) is 5.91 Å². The largest absolute Gasteiger partial charge is 0.394 e. The van der Waals surface area contributed by atoms with Crippen molar-refractivity contribution in [2.75, 3.05) is 26.4 Å². The maximum absolute atomic E-state index is 13.3. The molecule has 0 spiro atoms. The molecule has 19 heteroatoms. The molecule has 0 aromatic carbocycles. The zero-order valence-electron chi connectivity index (χ0n) is 45.3. The Labute approximate surface area is 443 Å². The van der Waals surface area contributed by atoms with Crippen molar-refractivity contribution in [1.29, 1.82) is 0 Å². The van der Waals surface area contributed by atoms with E-state index >= 15 is 0 Å². The molecule has 3 aliphatic rings. The Bertz CT molecular complexity index is 1370. The van der Waals surface area contributed by atoms with Crippen LogP contribution < -0.4 is 5.32 Å². The third-order valence-electron chi connectivity index (χ3n) is 15.2. The second-order valence-corrected chi connectivity index (χ2v) is 21.5. The number of unbranched alkanes of at least 4 members (excludes halogenated alkanes) is 27. The average Bonchev–Trinajstić information content (AvgIpc) is 3.40. The van der Waals surface area contributed by atoms with Gasteiger partial charge in [0.05, 0.1) is 38.6 Å². The molecule has 3 aliphatic heterocycles. The number of hydrogen-bond acceptors (Lipinski definition) is 18. The first-order valence-corrected chi connectivity index (χ1v) is 29.3. The van der Waals surface area contributed by atoms with Crippen LogP contribution in [-0.4, -0.2) is 193 Å². The third-order valence-corrected chi connectivity index (χ3v) is 15.2. The number of hydrogen-bond donors (Lipinski definition) is 12. The fraction of sp³-hybridized carbons (Fsp3) is 0.982. The van der Waals surface area contributed by atoms with Crippen molar-refractivity contribution in [3.05, 3.63) is 0 Å². The van der Waals surface area contributed by atoms with Crippen LogP contribution in [0, 0.1) is 0 Å². The SMILES string of the molecule is CCCCCCCCCCCCCCCCCC(O)C(COC1OC(CO)C(OC2OC(CO)C(OC3OC(CO)C(O)C(O)C3O)C(O)C2O)C(O)C1O)NC(=O)CCCCCCCCCCCCCCCC. The summed E-state index contributed by atoms with van der Waals surface area (Å²) in [7, 11) is 0. The summed E-state index contributed by atoms with van der Waals surface area (Å²) in [5.41, 5.74) is 0. The van der Waals surface area contributed by atoms with E-state index in [1.54, 1.807) is 0 Å². The lowest BCUT2D eigenvalue weighted by Crippen LogP contribution is -2.66. The zero-order chi connectivity index (χ0) is 54.1. The first-order chi connectivity index (χ1) is 35.8. The van der Waals surface area contributed by atoms with Crippen LogP contribution in [0.25, 0.3) is 0 Å². The highest BCUT2D eigenvalue weighted by Crippen LogP contribution is 2.33. The Morgan fingerprint density at radius 1 is 0.432 bits per heavy atom. The minimum atomic E-state index is -1.97. The van der Waals surface area contributed by atoms with Crippen LogP contribution in [0.2, 0.25) is 0 Å². The van der Waals surface area contributed by atoms with E-state index in [1.165, 1.54) is 135 Å². The van der Waals surface area contributed by atoms with Crippen molar-refractivity contribution >= 4 is 5.91 Å². The van der Waals surface area contributed by atoms with Gasteiger partial charge < -0.3 is 89.9 Å². The van der Waals surface area contributed by atoms with Gasteiger partial charge in [-0.05, 0) is 12.8 Å². The summed E-state index contributed by atoms with van der Waals surface area (Å²) in [5.74, 6) is -0.241. The molecule has 3 rings (SSSR count). The maximum atomic E-state index is 13.3. The molecule has 12 N–H and O–H groups in total. The van der Waals surface area contributed by atoms with Gasteiger partial charge in [0.1, 0.15) is 73.2 Å². The van der Waals surface area contributed by atoms with Gasteiger partial charge in [-0.3, -0.25) is 4.79 Å². The van der Waals surface area contributed by atoms with E-state index in [9.17, 15) is 61.0 Å². The molecular formula is C55H105NO18. The Balaban J connectivity index is 1.51. The number of carbonyl (C=O) groups excluding carboxylic acids is 1. The van der Waals surface area contributed by atoms with Gasteiger partial charge in [-0.1, -0.05) is 194 Å². The molecule has 0 saturated carbocycles. The maximum Gasteiger partial charge on any atom is 0.220 e. The van der Waals surface area contributed by atoms with Crippen LogP contribution in [0.3, 0.4) is 0 Å². The highest BCUT2D eigenvalue weighted by Gasteiger charge is 2.53. The first-order valence-electron chi connectivity index (χ1n) is 29.3. The molecule has 438 valence electrons. The van der Waals surface area contributed by atoms with E-state index in [2.05, 4.69) is 19.2 Å². The molecule has 3 saturated heterocycles. The van der Waals surface area contributed by atoms with E-state index < -0.39 is 124 Å².